The second-order valence-electron chi connectivity index (χ2n) is 30.8. The average molecular weight is 1510 g/mol. The van der Waals surface area contributed by atoms with E-state index >= 15 is 0 Å². The lowest BCUT2D eigenvalue weighted by molar-refractivity contribution is 0.583. The van der Waals surface area contributed by atoms with Crippen molar-refractivity contribution >= 4 is 0 Å². The largest absolute Gasteiger partial charge is 0.207 e. The highest BCUT2D eigenvalue weighted by atomic mass is 19.1. The van der Waals surface area contributed by atoms with E-state index in [0.29, 0.717) is 16.9 Å². The summed E-state index contributed by atoms with van der Waals surface area (Å²) in [5.74, 6) is 0.0253. The molecule has 0 radical (unpaired) electrons. The van der Waals surface area contributed by atoms with Crippen molar-refractivity contribution in [1.29, 1.82) is 0 Å². The Morgan fingerprint density at radius 1 is 0.223 bits per heavy atom. The van der Waals surface area contributed by atoms with Gasteiger partial charge in [-0.25, -0.2) is 17.6 Å². The molecule has 0 saturated heterocycles. The maximum absolute atomic E-state index is 12.5. The normalized spacial score (nSPS) is 9.81. The molecule has 112 heavy (non-hydrogen) atoms. The molecule has 0 bridgehead atoms. The molecule has 0 N–H and O–H groups in total. The van der Waals surface area contributed by atoms with Gasteiger partial charge >= 0.3 is 0 Å². The molecule has 0 aromatic heterocycles. The maximum Gasteiger partial charge on any atom is 0.126 e. The third kappa shape index (κ3) is 49.0. The van der Waals surface area contributed by atoms with Gasteiger partial charge in [-0.3, -0.25) is 0 Å². The fourth-order valence-electron chi connectivity index (χ4n) is 9.77. The van der Waals surface area contributed by atoms with Crippen LogP contribution >= 0.6 is 0 Å². The SMILES string of the molecule is CC(C)(C)c1ccc(F)cc1.CC(C)(C)c1ccccc1.CC(C)c1ccccc1.CCc1ccccc1.Cc1cc(C)c(C)cc1C.Cc1ccc(C)c(C)c1.Cc1ccc(C)cc1.Cc1ccc(F)cc1.Cc1cccc(C)c1.Cc1cccc(F)c1.Cc1ccccc1.Cc1ccccc1C.Cc1ccccc1F. The second kappa shape index (κ2) is 55.9. The van der Waals surface area contributed by atoms with Crippen LogP contribution in [0.3, 0.4) is 0 Å². The van der Waals surface area contributed by atoms with Gasteiger partial charge in [-0.1, -0.05) is 380 Å². The summed E-state index contributed by atoms with van der Waals surface area (Å²) < 4.78 is 49.0. The van der Waals surface area contributed by atoms with Crippen molar-refractivity contribution in [2.75, 3.05) is 0 Å². The van der Waals surface area contributed by atoms with Crippen molar-refractivity contribution in [1.82, 2.24) is 0 Å². The van der Waals surface area contributed by atoms with Crippen LogP contribution in [-0.2, 0) is 17.3 Å². The Balaban J connectivity index is 0.000000608. The van der Waals surface area contributed by atoms with E-state index in [9.17, 15) is 17.6 Å². The molecule has 13 aromatic rings. The molecule has 4 heteroatoms. The van der Waals surface area contributed by atoms with Gasteiger partial charge in [-0.2, -0.15) is 0 Å². The number of hydrogen-bond acceptors (Lipinski definition) is 0. The standard InChI is InChI=1S/C10H13F.2C10H14.2C9H12.4C8H10.3C7H7F.C7H8/c1-10(2,3)8-4-6-9(11)7-5-8;1-7-5-9(3)10(4)6-8(7)2;1-10(2,3)9-7-5-4-6-8-9;1-7-4-5-8(2)9(3)6-7;1-8(2)9-6-4-3-5-7-9;1-7-3-5-8(2)6-4-7;1-7-4-3-5-8(2)6-7;1-7-5-3-4-6-8(7)2;1-2-8-6-4-3-5-7-8;1-6-2-4-7(8)5-3-6;1-6-3-2-4-7(8)5-6;1-6-4-2-3-5-7(6)8;1-7-5-3-2-4-6-7/h4-7H,1-3H3;5-6H,1-4H3;4-8H,1-3H3;4-6H,1-3H3;3-8H,1-2H3;3*3-6H,1-2H3;3-7H,2H2,1H3;3*2-5H,1H3;2-6H,1H3. The molecule has 0 nitrogen and oxygen atoms in total. The fourth-order valence-corrected chi connectivity index (χ4v) is 9.77. The van der Waals surface area contributed by atoms with E-state index in [1.54, 1.807) is 37.3 Å². The third-order valence-corrected chi connectivity index (χ3v) is 17.7. The van der Waals surface area contributed by atoms with Gasteiger partial charge < -0.3 is 0 Å². The summed E-state index contributed by atoms with van der Waals surface area (Å²) in [4.78, 5) is 0. The third-order valence-electron chi connectivity index (χ3n) is 17.7. The molecule has 0 heterocycles. The van der Waals surface area contributed by atoms with E-state index in [1.165, 1.54) is 143 Å². The molecule has 594 valence electrons. The van der Waals surface area contributed by atoms with Crippen LogP contribution in [0.1, 0.15) is 185 Å². The van der Waals surface area contributed by atoms with Crippen LogP contribution < -0.4 is 0 Å². The van der Waals surface area contributed by atoms with Crippen LogP contribution in [0.4, 0.5) is 17.6 Å². The molecule has 0 saturated carbocycles. The highest BCUT2D eigenvalue weighted by Crippen LogP contribution is 2.23. The van der Waals surface area contributed by atoms with Gasteiger partial charge in [-0.05, 0) is 261 Å². The smallest absolute Gasteiger partial charge is 0.126 e. The summed E-state index contributed by atoms with van der Waals surface area (Å²) >= 11 is 0. The van der Waals surface area contributed by atoms with Crippen molar-refractivity contribution < 1.29 is 17.6 Å². The Morgan fingerprint density at radius 2 is 0.509 bits per heavy atom. The summed E-state index contributed by atoms with van der Waals surface area (Å²) in [6.45, 7) is 54.9. The Morgan fingerprint density at radius 3 is 0.768 bits per heavy atom. The molecule has 0 atom stereocenters. The fraction of sp³-hybridized carbons (Fsp3) is 0.278. The average Bonchev–Trinajstić information content (AvgIpc) is 0.863. The number of rotatable bonds is 2. The first-order chi connectivity index (χ1) is 52.8. The minimum absolute atomic E-state index is 0.119. The summed E-state index contributed by atoms with van der Waals surface area (Å²) in [6.07, 6.45) is 1.14. The van der Waals surface area contributed by atoms with E-state index in [1.807, 2.05) is 68.4 Å². The highest BCUT2D eigenvalue weighted by Gasteiger charge is 2.13. The number of hydrogen-bond donors (Lipinski definition) is 0. The zero-order valence-corrected chi connectivity index (χ0v) is 72.9. The first kappa shape index (κ1) is 99.6. The van der Waals surface area contributed by atoms with Gasteiger partial charge in [0.1, 0.15) is 23.3 Å². The molecule has 0 aliphatic rings. The number of benzene rings is 13. The van der Waals surface area contributed by atoms with Crippen LogP contribution in [0.15, 0.2) is 322 Å². The molecule has 0 unspecified atom stereocenters. The molecule has 0 aliphatic carbocycles. The topological polar surface area (TPSA) is 0 Å². The van der Waals surface area contributed by atoms with E-state index in [4.69, 9.17) is 0 Å². The monoisotopic (exact) mass is 1510 g/mol. The van der Waals surface area contributed by atoms with Crippen LogP contribution in [-0.4, -0.2) is 0 Å². The minimum Gasteiger partial charge on any atom is -0.207 e. The molecule has 0 amide bonds. The second-order valence-corrected chi connectivity index (χ2v) is 30.8. The summed E-state index contributed by atoms with van der Waals surface area (Å²) in [6, 6.07) is 104. The van der Waals surface area contributed by atoms with Crippen molar-refractivity contribution in [2.24, 2.45) is 0 Å². The predicted octanol–water partition coefficient (Wildman–Crippen LogP) is 32.0. The molecular weight excluding hydrogens is 1370 g/mol. The van der Waals surface area contributed by atoms with E-state index in [0.717, 1.165) is 17.5 Å². The Labute approximate surface area is 678 Å². The van der Waals surface area contributed by atoms with Crippen LogP contribution in [0.2, 0.25) is 0 Å². The predicted molar refractivity (Wildman–Crippen MR) is 485 cm³/mol. The van der Waals surface area contributed by atoms with Crippen molar-refractivity contribution in [2.45, 2.75) is 203 Å². The molecule has 13 rings (SSSR count). The lowest BCUT2D eigenvalue weighted by Crippen LogP contribution is -2.10. The van der Waals surface area contributed by atoms with E-state index in [2.05, 4.69) is 353 Å². The number of aryl methyl sites for hydroxylation is 18. The first-order valence-electron chi connectivity index (χ1n) is 39.1. The quantitative estimate of drug-likeness (QED) is 0.151. The van der Waals surface area contributed by atoms with Gasteiger partial charge in [0.05, 0.1) is 0 Å². The molecule has 0 spiro atoms. The van der Waals surface area contributed by atoms with Gasteiger partial charge in [0.15, 0.2) is 0 Å². The van der Waals surface area contributed by atoms with Gasteiger partial charge in [0.25, 0.3) is 0 Å². The van der Waals surface area contributed by atoms with Gasteiger partial charge in [0, 0.05) is 0 Å². The molecule has 0 fully saturated rings. The lowest BCUT2D eigenvalue weighted by Gasteiger charge is -2.18. The van der Waals surface area contributed by atoms with Crippen LogP contribution in [0.5, 0.6) is 0 Å². The zero-order valence-electron chi connectivity index (χ0n) is 72.9. The zero-order chi connectivity index (χ0) is 84.2. The highest BCUT2D eigenvalue weighted by molar-refractivity contribution is 5.36. The summed E-state index contributed by atoms with van der Waals surface area (Å²) in [7, 11) is 0. The summed E-state index contributed by atoms with van der Waals surface area (Å²) in [5.41, 5.74) is 27.6. The van der Waals surface area contributed by atoms with Crippen molar-refractivity contribution in [3.8, 4) is 0 Å². The Hall–Kier alpha value is -10.4. The van der Waals surface area contributed by atoms with Crippen LogP contribution in [0.25, 0.3) is 0 Å². The van der Waals surface area contributed by atoms with E-state index < -0.39 is 0 Å². The number of halogens is 4. The summed E-state index contributed by atoms with van der Waals surface area (Å²) in [5, 5.41) is 0. The minimum atomic E-state index is -0.171. The van der Waals surface area contributed by atoms with E-state index in [-0.39, 0.29) is 28.7 Å². The molecular formula is C108H134F4. The maximum atomic E-state index is 12.5. The first-order valence-corrected chi connectivity index (χ1v) is 39.1. The molecule has 13 aromatic carbocycles. The van der Waals surface area contributed by atoms with Gasteiger partial charge in [-0.15, -0.1) is 0 Å². The van der Waals surface area contributed by atoms with Crippen molar-refractivity contribution in [3.63, 3.8) is 0 Å². The Kier molecular flexibility index (Phi) is 49.7. The Bertz CT molecular complexity index is 4240. The van der Waals surface area contributed by atoms with Crippen molar-refractivity contribution in [3.05, 3.63) is 462 Å². The molecule has 0 aliphatic heterocycles. The van der Waals surface area contributed by atoms with Crippen LogP contribution in [0, 0.1) is 141 Å². The van der Waals surface area contributed by atoms with Gasteiger partial charge in [0.2, 0.25) is 0 Å². The lowest BCUT2D eigenvalue weighted by atomic mass is 9.87.